The minimum Gasteiger partial charge on any atom is -0.382 e. The van der Waals surface area contributed by atoms with Crippen molar-refractivity contribution in [2.45, 2.75) is 6.54 Å². The summed E-state index contributed by atoms with van der Waals surface area (Å²) >= 11 is 0. The van der Waals surface area contributed by atoms with Gasteiger partial charge in [-0.15, -0.1) is 0 Å². The van der Waals surface area contributed by atoms with Gasteiger partial charge in [0.2, 0.25) is 0 Å². The first-order valence-corrected chi connectivity index (χ1v) is 5.81. The Morgan fingerprint density at radius 3 is 2.44 bits per heavy atom. The van der Waals surface area contributed by atoms with Gasteiger partial charge in [-0.05, 0) is 28.8 Å². The van der Waals surface area contributed by atoms with E-state index in [2.05, 4.69) is 28.4 Å². The van der Waals surface area contributed by atoms with E-state index < -0.39 is 0 Å². The lowest BCUT2D eigenvalue weighted by atomic mass is 10.0. The summed E-state index contributed by atoms with van der Waals surface area (Å²) in [5.41, 5.74) is 15.8. The molecule has 1 heterocycles. The molecular weight excluding hydrogens is 224 g/mol. The molecule has 0 amide bonds. The molecule has 90 valence electrons. The van der Waals surface area contributed by atoms with Crippen molar-refractivity contribution < 1.29 is 0 Å². The van der Waals surface area contributed by atoms with Crippen molar-refractivity contribution in [1.82, 2.24) is 10.2 Å². The van der Waals surface area contributed by atoms with E-state index in [-0.39, 0.29) is 0 Å². The van der Waals surface area contributed by atoms with Gasteiger partial charge in [-0.3, -0.25) is 5.10 Å². The third-order valence-corrected chi connectivity index (χ3v) is 3.12. The number of nitrogen functional groups attached to an aromatic ring is 1. The van der Waals surface area contributed by atoms with Gasteiger partial charge in [-0.1, -0.05) is 30.3 Å². The van der Waals surface area contributed by atoms with E-state index in [0.29, 0.717) is 12.4 Å². The van der Waals surface area contributed by atoms with Gasteiger partial charge in [0.25, 0.3) is 0 Å². The Labute approximate surface area is 105 Å². The Bertz CT molecular complexity index is 683. The minimum atomic E-state index is 0.533. The SMILES string of the molecule is NCc1ccc(-c2ccc3[nH]nc(N)c3c2)cc1. The molecule has 0 aliphatic rings. The van der Waals surface area contributed by atoms with Crippen LogP contribution in [0.1, 0.15) is 5.56 Å². The Morgan fingerprint density at radius 2 is 1.72 bits per heavy atom. The van der Waals surface area contributed by atoms with Crippen molar-refractivity contribution in [1.29, 1.82) is 0 Å². The van der Waals surface area contributed by atoms with E-state index in [9.17, 15) is 0 Å². The van der Waals surface area contributed by atoms with Gasteiger partial charge >= 0.3 is 0 Å². The number of H-pyrrole nitrogens is 1. The number of aromatic nitrogens is 2. The largest absolute Gasteiger partial charge is 0.382 e. The summed E-state index contributed by atoms with van der Waals surface area (Å²) in [4.78, 5) is 0. The van der Waals surface area contributed by atoms with Gasteiger partial charge in [0.1, 0.15) is 0 Å². The maximum Gasteiger partial charge on any atom is 0.153 e. The molecule has 0 aliphatic heterocycles. The van der Waals surface area contributed by atoms with Crippen LogP contribution in [0.25, 0.3) is 22.0 Å². The van der Waals surface area contributed by atoms with Gasteiger partial charge < -0.3 is 11.5 Å². The second kappa shape index (κ2) is 4.16. The molecule has 5 N–H and O–H groups in total. The van der Waals surface area contributed by atoms with Gasteiger partial charge in [0.05, 0.1) is 5.52 Å². The second-order valence-corrected chi connectivity index (χ2v) is 4.27. The average molecular weight is 238 g/mol. The molecule has 0 atom stereocenters. The standard InChI is InChI=1S/C14H14N4/c15-8-9-1-3-10(4-2-9)11-5-6-13-12(7-11)14(16)18-17-13/h1-7H,8,15H2,(H3,16,17,18). The van der Waals surface area contributed by atoms with E-state index in [1.807, 2.05) is 24.3 Å². The zero-order chi connectivity index (χ0) is 12.5. The maximum atomic E-state index is 5.81. The topological polar surface area (TPSA) is 80.7 Å². The first-order chi connectivity index (χ1) is 8.78. The van der Waals surface area contributed by atoms with Crippen LogP contribution in [0.4, 0.5) is 5.82 Å². The molecule has 18 heavy (non-hydrogen) atoms. The van der Waals surface area contributed by atoms with E-state index >= 15 is 0 Å². The number of nitrogens with zero attached hydrogens (tertiary/aromatic N) is 1. The highest BCUT2D eigenvalue weighted by Crippen LogP contribution is 2.26. The number of benzene rings is 2. The third kappa shape index (κ3) is 1.72. The molecular formula is C14H14N4. The van der Waals surface area contributed by atoms with Crippen molar-refractivity contribution in [3.05, 3.63) is 48.0 Å². The number of anilines is 1. The van der Waals surface area contributed by atoms with Crippen LogP contribution in [0.15, 0.2) is 42.5 Å². The monoisotopic (exact) mass is 238 g/mol. The molecule has 0 spiro atoms. The Hall–Kier alpha value is -2.33. The van der Waals surface area contributed by atoms with Crippen LogP contribution < -0.4 is 11.5 Å². The highest BCUT2D eigenvalue weighted by atomic mass is 15.1. The Morgan fingerprint density at radius 1 is 1.00 bits per heavy atom. The van der Waals surface area contributed by atoms with Gasteiger partial charge in [0.15, 0.2) is 5.82 Å². The average Bonchev–Trinajstić information content (AvgIpc) is 2.80. The number of nitrogens with two attached hydrogens (primary N) is 2. The molecule has 0 saturated carbocycles. The number of nitrogens with one attached hydrogen (secondary N) is 1. The summed E-state index contributed by atoms with van der Waals surface area (Å²) in [5.74, 6) is 0.533. The lowest BCUT2D eigenvalue weighted by Gasteiger charge is -2.03. The first kappa shape index (κ1) is 10.8. The molecule has 4 nitrogen and oxygen atoms in total. The Kier molecular flexibility index (Phi) is 2.50. The molecule has 2 aromatic carbocycles. The molecule has 3 rings (SSSR count). The van der Waals surface area contributed by atoms with Crippen molar-refractivity contribution in [3.8, 4) is 11.1 Å². The zero-order valence-electron chi connectivity index (χ0n) is 9.85. The Balaban J connectivity index is 2.09. The highest BCUT2D eigenvalue weighted by Gasteiger charge is 2.04. The summed E-state index contributed by atoms with van der Waals surface area (Å²) in [7, 11) is 0. The van der Waals surface area contributed by atoms with Gasteiger partial charge in [0, 0.05) is 11.9 Å². The van der Waals surface area contributed by atoms with E-state index in [0.717, 1.165) is 27.6 Å². The molecule has 0 unspecified atom stereocenters. The number of fused-ring (bicyclic) bond motifs is 1. The predicted molar refractivity (Wildman–Crippen MR) is 73.8 cm³/mol. The molecule has 1 aromatic heterocycles. The van der Waals surface area contributed by atoms with Crippen molar-refractivity contribution in [3.63, 3.8) is 0 Å². The predicted octanol–water partition coefficient (Wildman–Crippen LogP) is 2.27. The number of hydrogen-bond donors (Lipinski definition) is 3. The van der Waals surface area contributed by atoms with Crippen molar-refractivity contribution in [2.75, 3.05) is 5.73 Å². The van der Waals surface area contributed by atoms with Gasteiger partial charge in [-0.25, -0.2) is 0 Å². The second-order valence-electron chi connectivity index (χ2n) is 4.27. The minimum absolute atomic E-state index is 0.533. The van der Waals surface area contributed by atoms with Crippen LogP contribution in [-0.4, -0.2) is 10.2 Å². The van der Waals surface area contributed by atoms with Crippen LogP contribution in [0.3, 0.4) is 0 Å². The number of rotatable bonds is 2. The molecule has 0 bridgehead atoms. The van der Waals surface area contributed by atoms with Crippen LogP contribution in [0.5, 0.6) is 0 Å². The molecule has 0 aliphatic carbocycles. The summed E-state index contributed by atoms with van der Waals surface area (Å²) in [6.07, 6.45) is 0. The molecule has 3 aromatic rings. The molecule has 0 fully saturated rings. The zero-order valence-corrected chi connectivity index (χ0v) is 9.85. The number of aromatic amines is 1. The quantitative estimate of drug-likeness (QED) is 0.640. The molecule has 0 radical (unpaired) electrons. The van der Waals surface area contributed by atoms with E-state index in [4.69, 9.17) is 11.5 Å². The first-order valence-electron chi connectivity index (χ1n) is 5.81. The van der Waals surface area contributed by atoms with Crippen LogP contribution in [0.2, 0.25) is 0 Å². The maximum absolute atomic E-state index is 5.81. The van der Waals surface area contributed by atoms with Crippen LogP contribution >= 0.6 is 0 Å². The normalized spacial score (nSPS) is 10.9. The van der Waals surface area contributed by atoms with Crippen molar-refractivity contribution >= 4 is 16.7 Å². The lowest BCUT2D eigenvalue weighted by Crippen LogP contribution is -1.95. The summed E-state index contributed by atoms with van der Waals surface area (Å²) < 4.78 is 0. The van der Waals surface area contributed by atoms with E-state index in [1.54, 1.807) is 0 Å². The fourth-order valence-electron chi connectivity index (χ4n) is 2.05. The summed E-state index contributed by atoms with van der Waals surface area (Å²) in [6, 6.07) is 14.3. The smallest absolute Gasteiger partial charge is 0.153 e. The summed E-state index contributed by atoms with van der Waals surface area (Å²) in [5, 5.41) is 7.84. The van der Waals surface area contributed by atoms with Crippen LogP contribution in [-0.2, 0) is 6.54 Å². The fraction of sp³-hybridized carbons (Fsp3) is 0.0714. The number of hydrogen-bond acceptors (Lipinski definition) is 3. The van der Waals surface area contributed by atoms with Crippen LogP contribution in [0, 0.1) is 0 Å². The third-order valence-electron chi connectivity index (χ3n) is 3.12. The highest BCUT2D eigenvalue weighted by molar-refractivity contribution is 5.92. The summed E-state index contributed by atoms with van der Waals surface area (Å²) in [6.45, 7) is 0.563. The van der Waals surface area contributed by atoms with Gasteiger partial charge in [-0.2, -0.15) is 5.10 Å². The molecule has 4 heteroatoms. The van der Waals surface area contributed by atoms with E-state index in [1.165, 1.54) is 0 Å². The van der Waals surface area contributed by atoms with Crippen molar-refractivity contribution in [2.24, 2.45) is 5.73 Å². The molecule has 0 saturated heterocycles. The fourth-order valence-corrected chi connectivity index (χ4v) is 2.05. The lowest BCUT2D eigenvalue weighted by molar-refractivity contribution is 1.07.